The van der Waals surface area contributed by atoms with Gasteiger partial charge in [-0.2, -0.15) is 0 Å². The minimum Gasteiger partial charge on any atom is -0.496 e. The van der Waals surface area contributed by atoms with Crippen LogP contribution in [0.25, 0.3) is 0 Å². The molecule has 1 aromatic carbocycles. The van der Waals surface area contributed by atoms with E-state index in [0.29, 0.717) is 31.3 Å². The number of anilines is 1. The molecule has 1 aromatic heterocycles. The fourth-order valence-corrected chi connectivity index (χ4v) is 2.15. The molecule has 0 bridgehead atoms. The fraction of sp³-hybridized carbons (Fsp3) is 0.353. The molecule has 2 rings (SSSR count). The molecular formula is C17H22N4O3. The molecule has 0 aliphatic rings. The SMILES string of the molecule is COCCNC(=O)c1ccnc(NCCc2ccccc2OC)n1. The Labute approximate surface area is 141 Å². The zero-order valence-electron chi connectivity index (χ0n) is 13.9. The van der Waals surface area contributed by atoms with E-state index in [-0.39, 0.29) is 5.91 Å². The van der Waals surface area contributed by atoms with E-state index in [0.717, 1.165) is 17.7 Å². The summed E-state index contributed by atoms with van der Waals surface area (Å²) in [4.78, 5) is 20.3. The van der Waals surface area contributed by atoms with Crippen LogP contribution in [0.3, 0.4) is 0 Å². The summed E-state index contributed by atoms with van der Waals surface area (Å²) >= 11 is 0. The molecule has 0 unspecified atom stereocenters. The average Bonchev–Trinajstić information content (AvgIpc) is 2.62. The van der Waals surface area contributed by atoms with Gasteiger partial charge in [0, 0.05) is 26.4 Å². The number of hydrogen-bond acceptors (Lipinski definition) is 6. The quantitative estimate of drug-likeness (QED) is 0.678. The Kier molecular flexibility index (Phi) is 6.97. The zero-order chi connectivity index (χ0) is 17.2. The van der Waals surface area contributed by atoms with Crippen molar-refractivity contribution >= 4 is 11.9 Å². The molecule has 0 fully saturated rings. The zero-order valence-corrected chi connectivity index (χ0v) is 13.9. The third kappa shape index (κ3) is 5.20. The molecule has 0 radical (unpaired) electrons. The van der Waals surface area contributed by atoms with Crippen LogP contribution in [0, 0.1) is 0 Å². The Morgan fingerprint density at radius 3 is 2.79 bits per heavy atom. The highest BCUT2D eigenvalue weighted by molar-refractivity contribution is 5.92. The molecule has 2 aromatic rings. The van der Waals surface area contributed by atoms with E-state index in [1.54, 1.807) is 26.5 Å². The number of methoxy groups -OCH3 is 2. The third-order valence-electron chi connectivity index (χ3n) is 3.35. The molecule has 7 nitrogen and oxygen atoms in total. The van der Waals surface area contributed by atoms with E-state index in [1.165, 1.54) is 0 Å². The second-order valence-electron chi connectivity index (χ2n) is 5.00. The summed E-state index contributed by atoms with van der Waals surface area (Å²) in [6.45, 7) is 1.53. The van der Waals surface area contributed by atoms with Crippen molar-refractivity contribution in [1.29, 1.82) is 0 Å². The number of nitrogens with one attached hydrogen (secondary N) is 2. The van der Waals surface area contributed by atoms with E-state index >= 15 is 0 Å². The summed E-state index contributed by atoms with van der Waals surface area (Å²) in [5.41, 5.74) is 1.42. The highest BCUT2D eigenvalue weighted by atomic mass is 16.5. The smallest absolute Gasteiger partial charge is 0.270 e. The van der Waals surface area contributed by atoms with Gasteiger partial charge in [-0.15, -0.1) is 0 Å². The maximum Gasteiger partial charge on any atom is 0.270 e. The molecule has 1 heterocycles. The Bertz CT molecular complexity index is 664. The molecule has 128 valence electrons. The minimum absolute atomic E-state index is 0.248. The summed E-state index contributed by atoms with van der Waals surface area (Å²) in [6.07, 6.45) is 2.32. The van der Waals surface area contributed by atoms with Crippen molar-refractivity contribution in [2.24, 2.45) is 0 Å². The first-order valence-corrected chi connectivity index (χ1v) is 7.70. The van der Waals surface area contributed by atoms with E-state index in [2.05, 4.69) is 20.6 Å². The standard InChI is InChI=1S/C17H22N4O3/c1-23-12-11-18-16(22)14-8-10-20-17(21-14)19-9-7-13-5-3-4-6-15(13)24-2/h3-6,8,10H,7,9,11-12H2,1-2H3,(H,18,22)(H,19,20,21). The second-order valence-corrected chi connectivity index (χ2v) is 5.00. The topological polar surface area (TPSA) is 85.4 Å². The van der Waals surface area contributed by atoms with Crippen LogP contribution in [-0.2, 0) is 11.2 Å². The number of para-hydroxylation sites is 1. The molecule has 7 heteroatoms. The highest BCUT2D eigenvalue weighted by Crippen LogP contribution is 2.17. The van der Waals surface area contributed by atoms with Gasteiger partial charge in [0.1, 0.15) is 11.4 Å². The number of hydrogen-bond donors (Lipinski definition) is 2. The lowest BCUT2D eigenvalue weighted by atomic mass is 10.1. The maximum atomic E-state index is 11.9. The van der Waals surface area contributed by atoms with Crippen molar-refractivity contribution in [3.8, 4) is 5.75 Å². The van der Waals surface area contributed by atoms with Gasteiger partial charge in [0.25, 0.3) is 5.91 Å². The summed E-state index contributed by atoms with van der Waals surface area (Å²) in [5, 5.41) is 5.85. The van der Waals surface area contributed by atoms with Crippen molar-refractivity contribution in [1.82, 2.24) is 15.3 Å². The number of carbonyl (C=O) groups excluding carboxylic acids is 1. The normalized spacial score (nSPS) is 10.2. The van der Waals surface area contributed by atoms with Crippen LogP contribution in [0.15, 0.2) is 36.5 Å². The Morgan fingerprint density at radius 2 is 2.00 bits per heavy atom. The fourth-order valence-electron chi connectivity index (χ4n) is 2.15. The van der Waals surface area contributed by atoms with Gasteiger partial charge in [-0.25, -0.2) is 9.97 Å². The largest absolute Gasteiger partial charge is 0.496 e. The van der Waals surface area contributed by atoms with E-state index in [1.807, 2.05) is 24.3 Å². The van der Waals surface area contributed by atoms with Crippen molar-refractivity contribution in [3.63, 3.8) is 0 Å². The lowest BCUT2D eigenvalue weighted by Gasteiger charge is -2.09. The Morgan fingerprint density at radius 1 is 1.17 bits per heavy atom. The highest BCUT2D eigenvalue weighted by Gasteiger charge is 2.08. The van der Waals surface area contributed by atoms with Crippen molar-refractivity contribution in [2.45, 2.75) is 6.42 Å². The molecule has 2 N–H and O–H groups in total. The molecule has 0 atom stereocenters. The summed E-state index contributed by atoms with van der Waals surface area (Å²) < 4.78 is 10.2. The molecule has 24 heavy (non-hydrogen) atoms. The molecule has 0 aliphatic heterocycles. The first-order chi connectivity index (χ1) is 11.7. The van der Waals surface area contributed by atoms with Crippen LogP contribution < -0.4 is 15.4 Å². The molecular weight excluding hydrogens is 308 g/mol. The second kappa shape index (κ2) is 9.46. The lowest BCUT2D eigenvalue weighted by molar-refractivity contribution is 0.0932. The van der Waals surface area contributed by atoms with Crippen LogP contribution in [0.2, 0.25) is 0 Å². The van der Waals surface area contributed by atoms with E-state index in [9.17, 15) is 4.79 Å². The van der Waals surface area contributed by atoms with Crippen LogP contribution in [-0.4, -0.2) is 49.8 Å². The predicted octanol–water partition coefficient (Wildman–Crippen LogP) is 1.52. The summed E-state index contributed by atoms with van der Waals surface area (Å²) in [7, 11) is 3.24. The van der Waals surface area contributed by atoms with Crippen molar-refractivity contribution in [3.05, 3.63) is 47.8 Å². The molecule has 0 saturated heterocycles. The lowest BCUT2D eigenvalue weighted by Crippen LogP contribution is -2.28. The number of ether oxygens (including phenoxy) is 2. The van der Waals surface area contributed by atoms with Gasteiger partial charge in [-0.05, 0) is 24.1 Å². The van der Waals surface area contributed by atoms with Gasteiger partial charge in [-0.3, -0.25) is 4.79 Å². The van der Waals surface area contributed by atoms with Gasteiger partial charge >= 0.3 is 0 Å². The predicted molar refractivity (Wildman–Crippen MR) is 91.4 cm³/mol. The van der Waals surface area contributed by atoms with Crippen molar-refractivity contribution < 1.29 is 14.3 Å². The van der Waals surface area contributed by atoms with Crippen LogP contribution >= 0.6 is 0 Å². The first kappa shape index (κ1) is 17.7. The maximum absolute atomic E-state index is 11.9. The number of benzene rings is 1. The van der Waals surface area contributed by atoms with Crippen molar-refractivity contribution in [2.75, 3.05) is 39.2 Å². The summed E-state index contributed by atoms with van der Waals surface area (Å²) in [5.74, 6) is 1.03. The van der Waals surface area contributed by atoms with Gasteiger partial charge in [0.15, 0.2) is 0 Å². The Balaban J connectivity index is 1.89. The number of carbonyl (C=O) groups is 1. The number of aromatic nitrogens is 2. The van der Waals surface area contributed by atoms with E-state index < -0.39 is 0 Å². The van der Waals surface area contributed by atoms with Crippen LogP contribution in [0.4, 0.5) is 5.95 Å². The molecule has 1 amide bonds. The minimum atomic E-state index is -0.248. The first-order valence-electron chi connectivity index (χ1n) is 7.70. The van der Waals surface area contributed by atoms with Gasteiger partial charge < -0.3 is 20.1 Å². The van der Waals surface area contributed by atoms with Gasteiger partial charge in [0.2, 0.25) is 5.95 Å². The Hall–Kier alpha value is -2.67. The number of nitrogens with zero attached hydrogens (tertiary/aromatic N) is 2. The van der Waals surface area contributed by atoms with Crippen LogP contribution in [0.1, 0.15) is 16.1 Å². The van der Waals surface area contributed by atoms with Gasteiger partial charge in [-0.1, -0.05) is 18.2 Å². The summed E-state index contributed by atoms with van der Waals surface area (Å²) in [6, 6.07) is 9.43. The molecule has 0 saturated carbocycles. The third-order valence-corrected chi connectivity index (χ3v) is 3.35. The molecule has 0 spiro atoms. The number of rotatable bonds is 9. The average molecular weight is 330 g/mol. The van der Waals surface area contributed by atoms with E-state index in [4.69, 9.17) is 9.47 Å². The number of amides is 1. The monoisotopic (exact) mass is 330 g/mol. The van der Waals surface area contributed by atoms with Gasteiger partial charge in [0.05, 0.1) is 13.7 Å². The molecule has 0 aliphatic carbocycles. The van der Waals surface area contributed by atoms with Crippen LogP contribution in [0.5, 0.6) is 5.75 Å².